The number of nitrogens with zero attached hydrogens (tertiary/aromatic N) is 4. The zero-order chi connectivity index (χ0) is 57.3. The standard InChI is InChI=1S/C59H76FN9O9S/c1-34(36-20-23-39(24-21-36)51-35(2)64-33-79-51)65-53(73)45-29-43(70)32-68(45)56(76)52(58(3,4)5)67-48(72)19-11-9-10-14-37-15-13-18-44(49(37)60)62-31-42(26-27-47(61)71)66-54(74)46-28-40-17-12-16-38-22-25-41(55(75)69(46)50(38)40)30-63-57(77)78-59(6,7)8/h12-13,15-18,20-21,23-24,30,33-34,41-43,45-46,52,62,70H,9-11,14,19,22,25-29,31-32H2,1-8H3,(H2,61,71)(H,65,73)(H,66,74)(H,67,72)/t34-,41?,42-,43+,45-,46-,52+/m0/s1. The molecule has 1 fully saturated rings. The average Bonchev–Trinajstić information content (AvgIpc) is 4.26. The van der Waals surface area contributed by atoms with Gasteiger partial charge in [0.15, 0.2) is 0 Å². The van der Waals surface area contributed by atoms with Crippen LogP contribution in [0, 0.1) is 24.1 Å². The molecular weight excluding hydrogens is 1030 g/mol. The lowest BCUT2D eigenvalue weighted by Crippen LogP contribution is -2.57. The van der Waals surface area contributed by atoms with Crippen molar-refractivity contribution in [2.75, 3.05) is 23.3 Å². The molecule has 0 spiro atoms. The number of nitrogens with one attached hydrogen (secondary N) is 4. The summed E-state index contributed by atoms with van der Waals surface area (Å²) in [6.45, 7) is 14.5. The van der Waals surface area contributed by atoms with E-state index >= 15 is 4.39 Å². The van der Waals surface area contributed by atoms with Gasteiger partial charge in [-0.2, -0.15) is 4.99 Å². The highest BCUT2D eigenvalue weighted by atomic mass is 32.1. The second kappa shape index (κ2) is 25.8. The normalized spacial score (nSPS) is 19.3. The van der Waals surface area contributed by atoms with Crippen molar-refractivity contribution in [2.45, 2.75) is 168 Å². The Morgan fingerprint density at radius 3 is 2.32 bits per heavy atom. The van der Waals surface area contributed by atoms with Crippen molar-refractivity contribution in [3.8, 4) is 10.4 Å². The summed E-state index contributed by atoms with van der Waals surface area (Å²) in [5.74, 6) is -3.90. The van der Waals surface area contributed by atoms with Crippen LogP contribution in [0.1, 0.15) is 134 Å². The number of carbonyl (C=O) groups is 7. The average molecular weight is 1110 g/mol. The molecule has 20 heteroatoms. The van der Waals surface area contributed by atoms with E-state index in [1.807, 2.05) is 77.1 Å². The number of anilines is 2. The number of halogens is 1. The van der Waals surface area contributed by atoms with Crippen LogP contribution < -0.4 is 31.9 Å². The molecule has 0 bridgehead atoms. The van der Waals surface area contributed by atoms with Crippen molar-refractivity contribution in [2.24, 2.45) is 22.1 Å². The second-order valence-corrected chi connectivity index (χ2v) is 23.9. The summed E-state index contributed by atoms with van der Waals surface area (Å²) in [5.41, 5.74) is 11.7. The third-order valence-electron chi connectivity index (χ3n) is 14.6. The largest absolute Gasteiger partial charge is 0.442 e. The lowest BCUT2D eigenvalue weighted by Gasteiger charge is -2.35. The maximum absolute atomic E-state index is 16.1. The number of para-hydroxylation sites is 1. The van der Waals surface area contributed by atoms with Crippen molar-refractivity contribution >= 4 is 70.5 Å². The lowest BCUT2D eigenvalue weighted by atomic mass is 9.85. The number of primary amides is 1. The Morgan fingerprint density at radius 1 is 0.924 bits per heavy atom. The first kappa shape index (κ1) is 59.6. The lowest BCUT2D eigenvalue weighted by molar-refractivity contribution is -0.144. The Balaban J connectivity index is 0.903. The van der Waals surface area contributed by atoms with Crippen LogP contribution in [0.5, 0.6) is 0 Å². The number of amides is 7. The van der Waals surface area contributed by atoms with Gasteiger partial charge in [-0.3, -0.25) is 33.7 Å². The molecule has 0 saturated carbocycles. The van der Waals surface area contributed by atoms with Crippen LogP contribution in [0.15, 0.2) is 71.2 Å². The number of unbranched alkanes of at least 4 members (excludes halogenated alkanes) is 2. The SMILES string of the molecule is Cc1ncsc1-c1ccc([C@H](C)NC(=O)[C@@H]2C[C@@H](O)CN2C(=O)[C@@H](NC(=O)CCCCCc2cccc(NC[C@H](CCC(N)=O)NC(=O)[C@@H]3Cc4cccc5c4N3C(=O)C(C=NC(=O)OC(C)(C)C)CC5)c2F)C(C)(C)C)cc1. The van der Waals surface area contributed by atoms with Gasteiger partial charge in [0.1, 0.15) is 29.5 Å². The molecule has 1 aromatic heterocycles. The summed E-state index contributed by atoms with van der Waals surface area (Å²) in [5, 5.41) is 22.8. The van der Waals surface area contributed by atoms with Crippen LogP contribution in [0.3, 0.4) is 0 Å². The number of aromatic nitrogens is 1. The first-order chi connectivity index (χ1) is 37.4. The molecule has 4 aromatic rings. The number of hydrogen-bond donors (Lipinski definition) is 6. The molecule has 7 atom stereocenters. The quantitative estimate of drug-likeness (QED) is 0.0354. The molecule has 1 unspecified atom stereocenters. The minimum Gasteiger partial charge on any atom is -0.442 e. The highest BCUT2D eigenvalue weighted by Gasteiger charge is 2.46. The van der Waals surface area contributed by atoms with Crippen LogP contribution in [0.25, 0.3) is 10.4 Å². The monoisotopic (exact) mass is 1110 g/mol. The molecule has 1 saturated heterocycles. The molecule has 3 aliphatic heterocycles. The van der Waals surface area contributed by atoms with E-state index in [1.54, 1.807) is 55.8 Å². The van der Waals surface area contributed by atoms with E-state index in [9.17, 15) is 38.7 Å². The smallest absolute Gasteiger partial charge is 0.433 e. The van der Waals surface area contributed by atoms with E-state index in [0.717, 1.165) is 32.8 Å². The number of ether oxygens (including phenoxy) is 1. The van der Waals surface area contributed by atoms with Crippen LogP contribution >= 0.6 is 11.3 Å². The number of β-amino-alcohol motifs (C(OH)–C–C–N with tert-alkyl or cyclic N) is 1. The van der Waals surface area contributed by atoms with Gasteiger partial charge in [0.25, 0.3) is 0 Å². The molecule has 18 nitrogen and oxygen atoms in total. The second-order valence-electron chi connectivity index (χ2n) is 23.1. The number of carbonyl (C=O) groups excluding carboxylic acids is 7. The fourth-order valence-electron chi connectivity index (χ4n) is 10.4. The van der Waals surface area contributed by atoms with Gasteiger partial charge < -0.3 is 41.7 Å². The fourth-order valence-corrected chi connectivity index (χ4v) is 11.3. The van der Waals surface area contributed by atoms with E-state index in [1.165, 1.54) is 16.0 Å². The zero-order valence-electron chi connectivity index (χ0n) is 46.5. The van der Waals surface area contributed by atoms with Crippen LogP contribution in [0.2, 0.25) is 0 Å². The number of rotatable bonds is 21. The van der Waals surface area contributed by atoms with Crippen molar-refractivity contribution in [1.29, 1.82) is 0 Å². The molecule has 3 aliphatic rings. The van der Waals surface area contributed by atoms with Crippen molar-refractivity contribution in [3.05, 3.63) is 99.9 Å². The van der Waals surface area contributed by atoms with Gasteiger partial charge >= 0.3 is 6.09 Å². The zero-order valence-corrected chi connectivity index (χ0v) is 47.3. The summed E-state index contributed by atoms with van der Waals surface area (Å²) < 4.78 is 21.4. The summed E-state index contributed by atoms with van der Waals surface area (Å²) in [4.78, 5) is 107. The molecule has 424 valence electrons. The number of benzene rings is 3. The number of aliphatic hydroxyl groups excluding tert-OH is 1. The van der Waals surface area contributed by atoms with E-state index in [2.05, 4.69) is 31.2 Å². The number of nitrogens with two attached hydrogens (primary N) is 1. The van der Waals surface area contributed by atoms with Gasteiger partial charge in [-0.1, -0.05) is 81.8 Å². The minimum absolute atomic E-state index is 0.0338. The minimum atomic E-state index is -0.980. The van der Waals surface area contributed by atoms with Gasteiger partial charge in [-0.05, 0) is 112 Å². The molecule has 7 rings (SSSR count). The highest BCUT2D eigenvalue weighted by molar-refractivity contribution is 7.13. The molecule has 4 heterocycles. The molecule has 3 aromatic carbocycles. The first-order valence-electron chi connectivity index (χ1n) is 27.3. The van der Waals surface area contributed by atoms with Crippen molar-refractivity contribution in [1.82, 2.24) is 25.8 Å². The van der Waals surface area contributed by atoms with Gasteiger partial charge in [0.2, 0.25) is 35.4 Å². The highest BCUT2D eigenvalue weighted by Crippen LogP contribution is 2.40. The Labute approximate surface area is 465 Å². The molecular formula is C59H76FN9O9S. The van der Waals surface area contributed by atoms with E-state index in [0.29, 0.717) is 49.8 Å². The fraction of sp³-hybridized carbons (Fsp3) is 0.508. The number of thiazole rings is 1. The maximum Gasteiger partial charge on any atom is 0.433 e. The van der Waals surface area contributed by atoms with Gasteiger partial charge in [0, 0.05) is 51.0 Å². The third-order valence-corrected chi connectivity index (χ3v) is 15.6. The summed E-state index contributed by atoms with van der Waals surface area (Å²) in [6, 6.07) is 14.6. The number of hydrogen-bond acceptors (Lipinski definition) is 12. The molecule has 0 aliphatic carbocycles. The van der Waals surface area contributed by atoms with E-state index < -0.39 is 82.7 Å². The van der Waals surface area contributed by atoms with Gasteiger partial charge in [0.05, 0.1) is 45.5 Å². The number of likely N-dealkylation sites (tertiary alicyclic amines) is 1. The molecule has 79 heavy (non-hydrogen) atoms. The van der Waals surface area contributed by atoms with E-state index in [4.69, 9.17) is 10.5 Å². The van der Waals surface area contributed by atoms with Crippen molar-refractivity contribution < 1.29 is 47.8 Å². The molecule has 7 amide bonds. The topological polar surface area (TPSA) is 255 Å². The Hall–Kier alpha value is -7.06. The van der Waals surface area contributed by atoms with Crippen LogP contribution in [-0.2, 0) is 52.8 Å². The Bertz CT molecular complexity index is 2920. The van der Waals surface area contributed by atoms with Crippen LogP contribution in [0.4, 0.5) is 20.6 Å². The van der Waals surface area contributed by atoms with Gasteiger partial charge in [-0.25, -0.2) is 14.2 Å². The molecule has 0 radical (unpaired) electrons. The Kier molecular flexibility index (Phi) is 19.5. The number of aryl methyl sites for hydroxylation is 3. The number of aliphatic imine (C=N–C) groups is 1. The molecule has 7 N–H and O–H groups in total. The number of aliphatic hydroxyl groups is 1. The summed E-state index contributed by atoms with van der Waals surface area (Å²) in [7, 11) is 0. The van der Waals surface area contributed by atoms with E-state index in [-0.39, 0.29) is 68.7 Å². The first-order valence-corrected chi connectivity index (χ1v) is 28.2. The van der Waals surface area contributed by atoms with Crippen molar-refractivity contribution in [3.63, 3.8) is 0 Å². The predicted octanol–water partition coefficient (Wildman–Crippen LogP) is 7.42. The van der Waals surface area contributed by atoms with Crippen LogP contribution in [-0.4, -0.2) is 112 Å². The summed E-state index contributed by atoms with van der Waals surface area (Å²) in [6.07, 6.45) is 2.89. The summed E-state index contributed by atoms with van der Waals surface area (Å²) >= 11 is 1.56. The predicted molar refractivity (Wildman–Crippen MR) is 302 cm³/mol. The third kappa shape index (κ3) is 15.4. The van der Waals surface area contributed by atoms with Gasteiger partial charge in [-0.15, -0.1) is 11.3 Å². The Morgan fingerprint density at radius 2 is 1.63 bits per heavy atom. The maximum atomic E-state index is 16.1.